The molecule has 16 heavy (non-hydrogen) atoms. The molecule has 2 atom stereocenters. The predicted molar refractivity (Wildman–Crippen MR) is 74.6 cm³/mol. The second kappa shape index (κ2) is 5.83. The van der Waals surface area contributed by atoms with Crippen LogP contribution in [0.1, 0.15) is 49.4 Å². The van der Waals surface area contributed by atoms with Crippen LogP contribution in [0.5, 0.6) is 0 Å². The average molecular weight is 284 g/mol. The van der Waals surface area contributed by atoms with Gasteiger partial charge in [0.15, 0.2) is 0 Å². The number of aryl methyl sites for hydroxylation is 2. The molecule has 0 spiro atoms. The number of rotatable bonds is 4. The van der Waals surface area contributed by atoms with Gasteiger partial charge in [-0.05, 0) is 42.9 Å². The Balaban J connectivity index is 2.96. The van der Waals surface area contributed by atoms with Crippen LogP contribution in [0.25, 0.3) is 0 Å². The lowest BCUT2D eigenvalue weighted by Crippen LogP contribution is -2.19. The van der Waals surface area contributed by atoms with Crippen molar-refractivity contribution in [3.05, 3.63) is 33.3 Å². The summed E-state index contributed by atoms with van der Waals surface area (Å²) in [5.74, 6) is 0.546. The maximum absolute atomic E-state index is 6.30. The first kappa shape index (κ1) is 13.7. The molecule has 0 radical (unpaired) electrons. The van der Waals surface area contributed by atoms with E-state index in [1.165, 1.54) is 34.0 Å². The monoisotopic (exact) mass is 283 g/mol. The molecular formula is C14H22BrN. The van der Waals surface area contributed by atoms with Gasteiger partial charge in [0.1, 0.15) is 0 Å². The third kappa shape index (κ3) is 3.08. The molecule has 0 amide bonds. The van der Waals surface area contributed by atoms with Gasteiger partial charge in [0.05, 0.1) is 0 Å². The molecule has 2 N–H and O–H groups in total. The van der Waals surface area contributed by atoms with Crippen LogP contribution in [0, 0.1) is 19.8 Å². The molecule has 0 aliphatic carbocycles. The summed E-state index contributed by atoms with van der Waals surface area (Å²) >= 11 is 3.59. The van der Waals surface area contributed by atoms with E-state index in [0.29, 0.717) is 5.92 Å². The SMILES string of the molecule is CCCC(C)C(N)c1cc(C)c(Br)c(C)c1. The summed E-state index contributed by atoms with van der Waals surface area (Å²) in [6.45, 7) is 8.69. The van der Waals surface area contributed by atoms with Crippen LogP contribution < -0.4 is 5.73 Å². The van der Waals surface area contributed by atoms with Crippen molar-refractivity contribution in [2.45, 2.75) is 46.6 Å². The smallest absolute Gasteiger partial charge is 0.0321 e. The Bertz CT molecular complexity index is 337. The maximum atomic E-state index is 6.30. The molecule has 1 nitrogen and oxygen atoms in total. The molecule has 2 heteroatoms. The standard InChI is InChI=1S/C14H22BrN/c1-5-6-9(2)14(16)12-7-10(3)13(15)11(4)8-12/h7-9,14H,5-6,16H2,1-4H3. The van der Waals surface area contributed by atoms with Gasteiger partial charge >= 0.3 is 0 Å². The summed E-state index contributed by atoms with van der Waals surface area (Å²) in [4.78, 5) is 0. The summed E-state index contributed by atoms with van der Waals surface area (Å²) in [6, 6.07) is 4.56. The predicted octanol–water partition coefficient (Wildman–Crippen LogP) is 4.50. The Labute approximate surface area is 108 Å². The van der Waals surface area contributed by atoms with E-state index in [9.17, 15) is 0 Å². The Hall–Kier alpha value is -0.340. The van der Waals surface area contributed by atoms with Gasteiger partial charge in [-0.3, -0.25) is 0 Å². The highest BCUT2D eigenvalue weighted by atomic mass is 79.9. The highest BCUT2D eigenvalue weighted by molar-refractivity contribution is 9.10. The number of hydrogen-bond acceptors (Lipinski definition) is 1. The van der Waals surface area contributed by atoms with Crippen molar-refractivity contribution in [3.63, 3.8) is 0 Å². The van der Waals surface area contributed by atoms with Gasteiger partial charge in [-0.25, -0.2) is 0 Å². The third-order valence-corrected chi connectivity index (χ3v) is 4.45. The first-order valence-corrected chi connectivity index (χ1v) is 6.78. The number of halogens is 1. The molecule has 1 rings (SSSR count). The highest BCUT2D eigenvalue weighted by Crippen LogP contribution is 2.29. The van der Waals surface area contributed by atoms with Crippen LogP contribution in [0.15, 0.2) is 16.6 Å². The van der Waals surface area contributed by atoms with Crippen LogP contribution in [0.2, 0.25) is 0 Å². The van der Waals surface area contributed by atoms with Crippen molar-refractivity contribution in [1.29, 1.82) is 0 Å². The second-order valence-electron chi connectivity index (χ2n) is 4.76. The van der Waals surface area contributed by atoms with Crippen LogP contribution in [-0.4, -0.2) is 0 Å². The topological polar surface area (TPSA) is 26.0 Å². The fourth-order valence-corrected chi connectivity index (χ4v) is 2.36. The quantitative estimate of drug-likeness (QED) is 0.865. The molecular weight excluding hydrogens is 262 g/mol. The van der Waals surface area contributed by atoms with Crippen LogP contribution >= 0.6 is 15.9 Å². The molecule has 90 valence electrons. The van der Waals surface area contributed by atoms with Gasteiger partial charge in [-0.15, -0.1) is 0 Å². The van der Waals surface area contributed by atoms with Crippen LogP contribution in [0.4, 0.5) is 0 Å². The van der Waals surface area contributed by atoms with E-state index in [1.54, 1.807) is 0 Å². The van der Waals surface area contributed by atoms with E-state index >= 15 is 0 Å². The molecule has 0 aliphatic rings. The van der Waals surface area contributed by atoms with E-state index in [0.717, 1.165) is 0 Å². The fourth-order valence-electron chi connectivity index (χ4n) is 2.14. The largest absolute Gasteiger partial charge is 0.324 e. The fraction of sp³-hybridized carbons (Fsp3) is 0.571. The zero-order valence-corrected chi connectivity index (χ0v) is 12.3. The first-order valence-electron chi connectivity index (χ1n) is 5.99. The van der Waals surface area contributed by atoms with Gasteiger partial charge in [-0.2, -0.15) is 0 Å². The number of nitrogens with two attached hydrogens (primary N) is 1. The summed E-state index contributed by atoms with van der Waals surface area (Å²) in [6.07, 6.45) is 2.39. The van der Waals surface area contributed by atoms with Crippen molar-refractivity contribution in [2.75, 3.05) is 0 Å². The zero-order chi connectivity index (χ0) is 12.3. The number of hydrogen-bond donors (Lipinski definition) is 1. The molecule has 0 heterocycles. The molecule has 1 aromatic rings. The first-order chi connectivity index (χ1) is 7.47. The summed E-state index contributed by atoms with van der Waals surface area (Å²) in [7, 11) is 0. The summed E-state index contributed by atoms with van der Waals surface area (Å²) < 4.78 is 1.20. The van der Waals surface area contributed by atoms with Crippen molar-refractivity contribution in [2.24, 2.45) is 11.7 Å². The Morgan fingerprint density at radius 3 is 2.19 bits per heavy atom. The minimum atomic E-state index is 0.158. The summed E-state index contributed by atoms with van der Waals surface area (Å²) in [5.41, 5.74) is 10.1. The Morgan fingerprint density at radius 1 is 1.25 bits per heavy atom. The third-order valence-electron chi connectivity index (χ3n) is 3.20. The van der Waals surface area contributed by atoms with E-state index in [4.69, 9.17) is 5.73 Å². The van der Waals surface area contributed by atoms with E-state index in [2.05, 4.69) is 55.8 Å². The highest BCUT2D eigenvalue weighted by Gasteiger charge is 2.15. The minimum Gasteiger partial charge on any atom is -0.324 e. The molecule has 0 saturated heterocycles. The van der Waals surface area contributed by atoms with Gasteiger partial charge in [0.2, 0.25) is 0 Å². The average Bonchev–Trinajstić information content (AvgIpc) is 2.24. The van der Waals surface area contributed by atoms with Crippen molar-refractivity contribution >= 4 is 15.9 Å². The molecule has 0 bridgehead atoms. The van der Waals surface area contributed by atoms with Gasteiger partial charge < -0.3 is 5.73 Å². The van der Waals surface area contributed by atoms with Gasteiger partial charge in [0.25, 0.3) is 0 Å². The molecule has 0 saturated carbocycles. The zero-order valence-electron chi connectivity index (χ0n) is 10.7. The number of benzene rings is 1. The maximum Gasteiger partial charge on any atom is 0.0321 e. The van der Waals surface area contributed by atoms with Crippen molar-refractivity contribution in [3.8, 4) is 0 Å². The van der Waals surface area contributed by atoms with Crippen molar-refractivity contribution < 1.29 is 0 Å². The lowest BCUT2D eigenvalue weighted by Gasteiger charge is -2.21. The molecule has 0 fully saturated rings. The molecule has 0 aliphatic heterocycles. The summed E-state index contributed by atoms with van der Waals surface area (Å²) in [5, 5.41) is 0. The van der Waals surface area contributed by atoms with Gasteiger partial charge in [0, 0.05) is 10.5 Å². The van der Waals surface area contributed by atoms with E-state index in [-0.39, 0.29) is 6.04 Å². The normalized spacial score (nSPS) is 14.9. The lowest BCUT2D eigenvalue weighted by molar-refractivity contribution is 0.433. The van der Waals surface area contributed by atoms with Crippen LogP contribution in [-0.2, 0) is 0 Å². The minimum absolute atomic E-state index is 0.158. The van der Waals surface area contributed by atoms with Crippen molar-refractivity contribution in [1.82, 2.24) is 0 Å². The Morgan fingerprint density at radius 2 is 1.75 bits per heavy atom. The van der Waals surface area contributed by atoms with Gasteiger partial charge in [-0.1, -0.05) is 48.3 Å². The molecule has 0 aromatic heterocycles. The second-order valence-corrected chi connectivity index (χ2v) is 5.55. The molecule has 1 aromatic carbocycles. The molecule has 2 unspecified atom stereocenters. The van der Waals surface area contributed by atoms with E-state index in [1.807, 2.05) is 0 Å². The Kier molecular flexibility index (Phi) is 5.00. The van der Waals surface area contributed by atoms with Crippen LogP contribution in [0.3, 0.4) is 0 Å². The lowest BCUT2D eigenvalue weighted by atomic mass is 9.90. The van der Waals surface area contributed by atoms with E-state index < -0.39 is 0 Å².